The van der Waals surface area contributed by atoms with E-state index in [1.807, 2.05) is 22.9 Å². The minimum Gasteiger partial charge on any atom is -0.344 e. The van der Waals surface area contributed by atoms with E-state index >= 15 is 0 Å². The highest BCUT2D eigenvalue weighted by molar-refractivity contribution is 5.93. The summed E-state index contributed by atoms with van der Waals surface area (Å²) in [6.07, 6.45) is 4.39. The molecule has 2 fully saturated rings. The average Bonchev–Trinajstić information content (AvgIpc) is 3.05. The number of nitrogens with one attached hydrogen (secondary N) is 1. The number of hydrogen-bond acceptors (Lipinski definition) is 2. The molecule has 0 aromatic carbocycles. The van der Waals surface area contributed by atoms with Gasteiger partial charge in [0.25, 0.3) is 5.91 Å². The van der Waals surface area contributed by atoms with Crippen molar-refractivity contribution in [2.45, 2.75) is 32.4 Å². The monoisotopic (exact) mass is 247 g/mol. The van der Waals surface area contributed by atoms with Crippen LogP contribution < -0.4 is 5.32 Å². The van der Waals surface area contributed by atoms with Crippen LogP contribution >= 0.6 is 0 Å². The van der Waals surface area contributed by atoms with Crippen LogP contribution in [0.2, 0.25) is 0 Å². The van der Waals surface area contributed by atoms with Gasteiger partial charge < -0.3 is 14.8 Å². The zero-order valence-electron chi connectivity index (χ0n) is 10.9. The van der Waals surface area contributed by atoms with Gasteiger partial charge in [0, 0.05) is 38.4 Å². The van der Waals surface area contributed by atoms with E-state index in [1.165, 1.54) is 6.42 Å². The van der Waals surface area contributed by atoms with Crippen LogP contribution in [0.3, 0.4) is 0 Å². The van der Waals surface area contributed by atoms with Gasteiger partial charge >= 0.3 is 0 Å². The lowest BCUT2D eigenvalue weighted by Gasteiger charge is -2.37. The fraction of sp³-hybridized carbons (Fsp3) is 0.643. The highest BCUT2D eigenvalue weighted by Gasteiger charge is 2.38. The van der Waals surface area contributed by atoms with Crippen LogP contribution in [0.5, 0.6) is 0 Å². The largest absolute Gasteiger partial charge is 0.344 e. The second-order valence-corrected chi connectivity index (χ2v) is 5.31. The minimum absolute atomic E-state index is 0.209. The number of nitrogens with zero attached hydrogens (tertiary/aromatic N) is 2. The lowest BCUT2D eigenvalue weighted by atomic mass is 9.92. The number of aryl methyl sites for hydroxylation is 1. The number of carbonyl (C=O) groups excluding carboxylic acids is 1. The molecule has 1 aromatic heterocycles. The molecule has 0 radical (unpaired) electrons. The summed E-state index contributed by atoms with van der Waals surface area (Å²) in [5, 5.41) is 3.42. The third-order valence-electron chi connectivity index (χ3n) is 4.33. The summed E-state index contributed by atoms with van der Waals surface area (Å²) in [6.45, 7) is 5.88. The quantitative estimate of drug-likeness (QED) is 0.856. The van der Waals surface area contributed by atoms with Crippen LogP contribution in [0.1, 0.15) is 30.3 Å². The van der Waals surface area contributed by atoms with E-state index in [-0.39, 0.29) is 5.91 Å². The molecule has 2 saturated heterocycles. The lowest BCUT2D eigenvalue weighted by Crippen LogP contribution is -2.48. The highest BCUT2D eigenvalue weighted by Crippen LogP contribution is 2.27. The Morgan fingerprint density at radius 1 is 1.50 bits per heavy atom. The molecule has 4 heteroatoms. The first-order valence-corrected chi connectivity index (χ1v) is 6.98. The molecule has 1 aromatic rings. The molecule has 98 valence electrons. The standard InChI is InChI=1S/C14H21N3O/c1-2-16-7-4-6-12(16)14(18)17-8-3-5-11-9-15-10-13(11)17/h4,6-7,11,13,15H,2-3,5,8-10H2,1H3. The van der Waals surface area contributed by atoms with Crippen LogP contribution in [-0.2, 0) is 6.54 Å². The van der Waals surface area contributed by atoms with Crippen molar-refractivity contribution in [3.63, 3.8) is 0 Å². The van der Waals surface area contributed by atoms with Crippen LogP contribution in [0.25, 0.3) is 0 Å². The van der Waals surface area contributed by atoms with Gasteiger partial charge in [0.1, 0.15) is 5.69 Å². The molecular formula is C14H21N3O. The number of carbonyl (C=O) groups is 1. The first kappa shape index (κ1) is 11.8. The summed E-state index contributed by atoms with van der Waals surface area (Å²) in [4.78, 5) is 14.8. The van der Waals surface area contributed by atoms with Crippen molar-refractivity contribution in [2.24, 2.45) is 5.92 Å². The zero-order valence-corrected chi connectivity index (χ0v) is 10.9. The number of aromatic nitrogens is 1. The van der Waals surface area contributed by atoms with E-state index in [2.05, 4.69) is 17.1 Å². The van der Waals surface area contributed by atoms with Crippen molar-refractivity contribution in [1.29, 1.82) is 0 Å². The summed E-state index contributed by atoms with van der Waals surface area (Å²) in [6, 6.07) is 4.31. The number of hydrogen-bond donors (Lipinski definition) is 1. The molecule has 1 N–H and O–H groups in total. The smallest absolute Gasteiger partial charge is 0.270 e. The van der Waals surface area contributed by atoms with Crippen molar-refractivity contribution >= 4 is 5.91 Å². The fourth-order valence-electron chi connectivity index (χ4n) is 3.35. The van der Waals surface area contributed by atoms with E-state index in [0.717, 1.165) is 38.3 Å². The van der Waals surface area contributed by atoms with Crippen LogP contribution in [0.15, 0.2) is 18.3 Å². The number of amides is 1. The van der Waals surface area contributed by atoms with Crippen LogP contribution in [0, 0.1) is 5.92 Å². The summed E-state index contributed by atoms with van der Waals surface area (Å²) in [5.41, 5.74) is 0.838. The van der Waals surface area contributed by atoms with E-state index < -0.39 is 0 Å². The molecule has 3 heterocycles. The van der Waals surface area contributed by atoms with E-state index in [1.54, 1.807) is 0 Å². The third-order valence-corrected chi connectivity index (χ3v) is 4.33. The molecule has 0 spiro atoms. The lowest BCUT2D eigenvalue weighted by molar-refractivity contribution is 0.0564. The maximum Gasteiger partial charge on any atom is 0.270 e. The van der Waals surface area contributed by atoms with E-state index in [0.29, 0.717) is 12.0 Å². The molecule has 0 aliphatic carbocycles. The highest BCUT2D eigenvalue weighted by atomic mass is 16.2. The molecule has 3 rings (SSSR count). The van der Waals surface area contributed by atoms with E-state index in [4.69, 9.17) is 0 Å². The minimum atomic E-state index is 0.209. The van der Waals surface area contributed by atoms with Gasteiger partial charge in [0.2, 0.25) is 0 Å². The maximum atomic E-state index is 12.7. The number of rotatable bonds is 2. The SMILES string of the molecule is CCn1cccc1C(=O)N1CCCC2CNCC21. The van der Waals surface area contributed by atoms with Crippen LogP contribution in [-0.4, -0.2) is 41.1 Å². The zero-order chi connectivity index (χ0) is 12.5. The Bertz CT molecular complexity index is 440. The van der Waals surface area contributed by atoms with Gasteiger partial charge in [-0.3, -0.25) is 4.79 Å². The van der Waals surface area contributed by atoms with Crippen molar-refractivity contribution in [1.82, 2.24) is 14.8 Å². The number of fused-ring (bicyclic) bond motifs is 1. The Labute approximate surface area is 108 Å². The first-order chi connectivity index (χ1) is 8.81. The normalized spacial score (nSPS) is 27.3. The Kier molecular flexibility index (Phi) is 3.12. The van der Waals surface area contributed by atoms with Crippen molar-refractivity contribution in [3.8, 4) is 0 Å². The van der Waals surface area contributed by atoms with Gasteiger partial charge in [-0.2, -0.15) is 0 Å². The predicted molar refractivity (Wildman–Crippen MR) is 70.5 cm³/mol. The molecular weight excluding hydrogens is 226 g/mol. The van der Waals surface area contributed by atoms with Crippen molar-refractivity contribution in [2.75, 3.05) is 19.6 Å². The molecule has 4 nitrogen and oxygen atoms in total. The Balaban J connectivity index is 1.83. The molecule has 2 atom stereocenters. The Morgan fingerprint density at radius 2 is 2.39 bits per heavy atom. The van der Waals surface area contributed by atoms with Gasteiger partial charge in [0.15, 0.2) is 0 Å². The van der Waals surface area contributed by atoms with Gasteiger partial charge in [0.05, 0.1) is 0 Å². The first-order valence-electron chi connectivity index (χ1n) is 6.98. The molecule has 1 amide bonds. The number of piperidine rings is 1. The summed E-state index contributed by atoms with van der Waals surface area (Å²) >= 11 is 0. The van der Waals surface area contributed by atoms with Gasteiger partial charge in [-0.1, -0.05) is 0 Å². The number of likely N-dealkylation sites (tertiary alicyclic amines) is 1. The molecule has 0 bridgehead atoms. The Morgan fingerprint density at radius 3 is 3.22 bits per heavy atom. The maximum absolute atomic E-state index is 12.7. The van der Waals surface area contributed by atoms with E-state index in [9.17, 15) is 4.79 Å². The predicted octanol–water partition coefficient (Wildman–Crippen LogP) is 1.33. The van der Waals surface area contributed by atoms with Gasteiger partial charge in [-0.05, 0) is 37.8 Å². The topological polar surface area (TPSA) is 37.3 Å². The average molecular weight is 247 g/mol. The fourth-order valence-corrected chi connectivity index (χ4v) is 3.35. The molecule has 18 heavy (non-hydrogen) atoms. The molecule has 2 aliphatic rings. The summed E-state index contributed by atoms with van der Waals surface area (Å²) in [5.74, 6) is 0.869. The third kappa shape index (κ3) is 1.85. The van der Waals surface area contributed by atoms with Gasteiger partial charge in [-0.15, -0.1) is 0 Å². The Hall–Kier alpha value is -1.29. The summed E-state index contributed by atoms with van der Waals surface area (Å²) < 4.78 is 2.04. The molecule has 2 aliphatic heterocycles. The second-order valence-electron chi connectivity index (χ2n) is 5.31. The van der Waals surface area contributed by atoms with Crippen molar-refractivity contribution < 1.29 is 4.79 Å². The second kappa shape index (κ2) is 4.76. The van der Waals surface area contributed by atoms with Crippen molar-refractivity contribution in [3.05, 3.63) is 24.0 Å². The summed E-state index contributed by atoms with van der Waals surface area (Å²) in [7, 11) is 0. The van der Waals surface area contributed by atoms with Gasteiger partial charge in [-0.25, -0.2) is 0 Å². The molecule has 2 unspecified atom stereocenters. The van der Waals surface area contributed by atoms with Crippen LogP contribution in [0.4, 0.5) is 0 Å². The molecule has 0 saturated carbocycles.